The molecular weight excluding hydrogens is 949 g/mol. The highest BCUT2D eigenvalue weighted by molar-refractivity contribution is 6.68. The highest BCUT2D eigenvalue weighted by atomic mass is 35.6. The van der Waals surface area contributed by atoms with E-state index in [1.54, 1.807) is 62.3 Å². The predicted octanol–water partition coefficient (Wildman–Crippen LogP) is 4.09. The molecule has 0 unspecified atom stereocenters. The zero-order chi connectivity index (χ0) is 48.8. The summed E-state index contributed by atoms with van der Waals surface area (Å²) < 4.78 is 11.6. The first kappa shape index (κ1) is 59.7. The summed E-state index contributed by atoms with van der Waals surface area (Å²) >= 11 is 33.3. The van der Waals surface area contributed by atoms with E-state index in [-0.39, 0.29) is 6.61 Å². The number of halogens is 6. The second kappa shape index (κ2) is 25.4. The Bertz CT molecular complexity index is 1530. The number of carbonyl (C=O) groups is 7. The lowest BCUT2D eigenvalue weighted by Crippen LogP contribution is -2.60. The number of carbonyl (C=O) groups excluding carboxylic acids is 6. The van der Waals surface area contributed by atoms with Gasteiger partial charge in [0.05, 0.1) is 0 Å². The molecule has 4 amide bonds. The Morgan fingerprint density at radius 1 is 0.645 bits per heavy atom. The van der Waals surface area contributed by atoms with E-state index in [1.165, 1.54) is 23.9 Å². The van der Waals surface area contributed by atoms with Gasteiger partial charge in [-0.15, -0.1) is 0 Å². The number of nitrogens with zero attached hydrogens (tertiary/aromatic N) is 2. The lowest BCUT2D eigenvalue weighted by Gasteiger charge is -2.35. The number of nitrogens with one attached hydrogen (secondary N) is 4. The van der Waals surface area contributed by atoms with Gasteiger partial charge in [0.15, 0.2) is 6.10 Å². The normalized spacial score (nSPS) is 19.3. The fourth-order valence-corrected chi connectivity index (χ4v) is 5.20. The van der Waals surface area contributed by atoms with E-state index in [0.29, 0.717) is 38.8 Å². The second-order valence-electron chi connectivity index (χ2n) is 17.5. The van der Waals surface area contributed by atoms with Crippen molar-refractivity contribution in [1.29, 1.82) is 0 Å². The number of alkyl halides is 6. The van der Waals surface area contributed by atoms with Crippen LogP contribution in [-0.2, 0) is 43.0 Å². The van der Waals surface area contributed by atoms with Crippen LogP contribution in [0.5, 0.6) is 0 Å². The second-order valence-corrected chi connectivity index (χ2v) is 22.6. The van der Waals surface area contributed by atoms with Crippen molar-refractivity contribution >= 4 is 111 Å². The van der Waals surface area contributed by atoms with Crippen LogP contribution in [0.25, 0.3) is 0 Å². The SMILES string of the molecule is CC(C)(C)[C@H](O)C(=O)O.C[C@H](NC(=O)OC(C)(C)C)C(=O)N1CCC[C@@H](C(=O)OCC(Cl)(Cl)Cl)N1.C[C@H](NC(=O)[C@@H](O)C(C)(C)C)C(=O)N1CCC[C@@H](C(=O)OCC(Cl)(Cl)Cl)N1. The van der Waals surface area contributed by atoms with E-state index >= 15 is 0 Å². The minimum absolute atomic E-state index is 0.356. The largest absolute Gasteiger partial charge is 0.479 e. The van der Waals surface area contributed by atoms with Gasteiger partial charge in [-0.05, 0) is 71.1 Å². The third-order valence-electron chi connectivity index (χ3n) is 8.19. The molecule has 2 aliphatic rings. The standard InChI is InChI=1S/C16H26Cl3N3O5.C15H24Cl3N3O5.C6H12O3/c1-9(20-12(24)11(23)15(2,3)4)13(25)22-7-5-6-10(21-22)14(26)27-8-16(17,18)19;1-9(19-13(24)26-14(2,3)4)11(22)21-7-5-6-10(20-21)12(23)25-8-15(16,17)18;1-6(2,3)4(7)5(8)9/h9-11,21,23H,5-8H2,1-4H3,(H,20,24);9-10,20H,5-8H2,1-4H3,(H,19,24);4,7H,1-3H3,(H,8,9)/t9-,10-,11+;9-,10-;4-/m001/s1. The Morgan fingerprint density at radius 2 is 1.00 bits per heavy atom. The van der Waals surface area contributed by atoms with Gasteiger partial charge in [-0.1, -0.05) is 111 Å². The van der Waals surface area contributed by atoms with E-state index < -0.39 is 109 Å². The average Bonchev–Trinajstić information content (AvgIpc) is 3.13. The van der Waals surface area contributed by atoms with Crippen molar-refractivity contribution in [1.82, 2.24) is 31.5 Å². The van der Waals surface area contributed by atoms with Crippen molar-refractivity contribution in [2.45, 2.75) is 151 Å². The molecule has 7 N–H and O–H groups in total. The number of aliphatic carboxylic acids is 1. The molecule has 0 spiro atoms. The van der Waals surface area contributed by atoms with Gasteiger partial charge in [0.2, 0.25) is 13.5 Å². The van der Waals surface area contributed by atoms with Gasteiger partial charge in [0.1, 0.15) is 49.1 Å². The zero-order valence-electron chi connectivity index (χ0n) is 36.7. The van der Waals surface area contributed by atoms with Crippen molar-refractivity contribution in [2.24, 2.45) is 10.8 Å². The summed E-state index contributed by atoms with van der Waals surface area (Å²) in [6.45, 7) is 18.3. The number of ether oxygens (including phenoxy) is 3. The molecule has 2 aliphatic heterocycles. The Labute approximate surface area is 392 Å². The molecule has 2 fully saturated rings. The zero-order valence-corrected chi connectivity index (χ0v) is 41.2. The minimum Gasteiger partial charge on any atom is -0.479 e. The molecule has 0 bridgehead atoms. The number of carboxylic acid groups (broad SMARTS) is 1. The number of esters is 2. The van der Waals surface area contributed by atoms with Crippen molar-refractivity contribution in [3.8, 4) is 0 Å². The minimum atomic E-state index is -1.72. The van der Waals surface area contributed by atoms with Crippen molar-refractivity contribution < 1.29 is 63.1 Å². The molecule has 2 rings (SSSR count). The van der Waals surface area contributed by atoms with E-state index in [4.69, 9.17) is 94.0 Å². The van der Waals surface area contributed by atoms with Crippen LogP contribution < -0.4 is 21.5 Å². The van der Waals surface area contributed by atoms with Crippen LogP contribution in [0.3, 0.4) is 0 Å². The first-order valence-corrected chi connectivity index (χ1v) is 21.6. The molecule has 0 aromatic heterocycles. The first-order valence-electron chi connectivity index (χ1n) is 19.4. The number of hydrazine groups is 2. The molecular formula is C37H62Cl6N6O13. The summed E-state index contributed by atoms with van der Waals surface area (Å²) in [6, 6.07) is -3.24. The summed E-state index contributed by atoms with van der Waals surface area (Å²) in [4.78, 5) is 83.0. The Morgan fingerprint density at radius 3 is 1.29 bits per heavy atom. The van der Waals surface area contributed by atoms with Crippen LogP contribution in [0.1, 0.15) is 102 Å². The van der Waals surface area contributed by atoms with E-state index in [2.05, 4.69) is 21.5 Å². The van der Waals surface area contributed by atoms with Gasteiger partial charge in [-0.2, -0.15) is 0 Å². The van der Waals surface area contributed by atoms with Crippen LogP contribution >= 0.6 is 69.6 Å². The quantitative estimate of drug-likeness (QED) is 0.0924. The number of rotatable bonds is 10. The number of aliphatic hydroxyl groups excluding tert-OH is 2. The summed E-state index contributed by atoms with van der Waals surface area (Å²) in [5.41, 5.74) is 3.65. The number of aliphatic hydroxyl groups is 2. The van der Waals surface area contributed by atoms with Crippen molar-refractivity contribution in [3.63, 3.8) is 0 Å². The molecule has 25 heteroatoms. The van der Waals surface area contributed by atoms with Gasteiger partial charge in [0.25, 0.3) is 11.8 Å². The average molecular weight is 1010 g/mol. The van der Waals surface area contributed by atoms with Gasteiger partial charge in [-0.25, -0.2) is 20.4 Å². The molecule has 0 aromatic rings. The van der Waals surface area contributed by atoms with Crippen molar-refractivity contribution in [2.75, 3.05) is 26.3 Å². The van der Waals surface area contributed by atoms with Gasteiger partial charge >= 0.3 is 24.0 Å². The molecule has 0 aliphatic carbocycles. The Balaban J connectivity index is 0.00000100. The van der Waals surface area contributed by atoms with Gasteiger partial charge < -0.3 is 40.2 Å². The molecule has 0 saturated carbocycles. The maximum Gasteiger partial charge on any atom is 0.408 e. The predicted molar refractivity (Wildman–Crippen MR) is 233 cm³/mol. The molecule has 0 aromatic carbocycles. The Hall–Kier alpha value is -2.33. The van der Waals surface area contributed by atoms with Gasteiger partial charge in [-0.3, -0.25) is 34.0 Å². The van der Waals surface area contributed by atoms with Crippen LogP contribution in [0, 0.1) is 10.8 Å². The van der Waals surface area contributed by atoms with Crippen molar-refractivity contribution in [3.05, 3.63) is 0 Å². The van der Waals surface area contributed by atoms with Crippen LogP contribution in [-0.4, -0.2) is 143 Å². The molecule has 0 radical (unpaired) electrons. The monoisotopic (exact) mass is 1010 g/mol. The van der Waals surface area contributed by atoms with E-state index in [9.17, 15) is 38.7 Å². The summed E-state index contributed by atoms with van der Waals surface area (Å²) in [5, 5.41) is 34.6. The number of amides is 4. The summed E-state index contributed by atoms with van der Waals surface area (Å²) in [6.07, 6.45) is -1.18. The van der Waals surface area contributed by atoms with Crippen LogP contribution in [0.15, 0.2) is 0 Å². The molecule has 6 atom stereocenters. The number of hydrogen-bond acceptors (Lipinski definition) is 14. The molecule has 19 nitrogen and oxygen atoms in total. The first-order chi connectivity index (χ1) is 27.9. The topological polar surface area (TPSA) is 262 Å². The Kier molecular flexibility index (Phi) is 24.4. The summed E-state index contributed by atoms with van der Waals surface area (Å²) in [7, 11) is 0. The maximum absolute atomic E-state index is 12.5. The third-order valence-corrected chi connectivity index (χ3v) is 8.84. The van der Waals surface area contributed by atoms with E-state index in [1.807, 2.05) is 0 Å². The highest BCUT2D eigenvalue weighted by Crippen LogP contribution is 2.27. The van der Waals surface area contributed by atoms with E-state index in [0.717, 1.165) is 0 Å². The number of carboxylic acids is 1. The van der Waals surface area contributed by atoms with Crippen LogP contribution in [0.4, 0.5) is 4.79 Å². The molecule has 2 saturated heterocycles. The molecule has 62 heavy (non-hydrogen) atoms. The highest BCUT2D eigenvalue weighted by Gasteiger charge is 2.36. The lowest BCUT2D eigenvalue weighted by molar-refractivity contribution is -0.154. The molecule has 2 heterocycles. The fraction of sp³-hybridized carbons (Fsp3) is 0.811. The third kappa shape index (κ3) is 24.7. The summed E-state index contributed by atoms with van der Waals surface area (Å²) in [5.74, 6) is -3.92. The smallest absolute Gasteiger partial charge is 0.408 e. The van der Waals surface area contributed by atoms with Gasteiger partial charge in [0, 0.05) is 13.1 Å². The maximum atomic E-state index is 12.5. The number of alkyl carbamates (subject to hydrolysis) is 1. The van der Waals surface area contributed by atoms with Crippen LogP contribution in [0.2, 0.25) is 0 Å². The molecule has 360 valence electrons. The lowest BCUT2D eigenvalue weighted by atomic mass is 9.88. The number of hydrogen-bond donors (Lipinski definition) is 7. The fourth-order valence-electron chi connectivity index (χ4n) is 4.87.